The Morgan fingerprint density at radius 3 is 1.67 bits per heavy atom. The highest BCUT2D eigenvalue weighted by molar-refractivity contribution is 5.68. The lowest BCUT2D eigenvalue weighted by atomic mass is 9.70. The molecule has 0 N–H and O–H groups in total. The fraction of sp³-hybridized carbons (Fsp3) is 0.630. The molecule has 0 aromatic heterocycles. The molecule has 0 heterocycles. The first-order valence-electron chi connectivity index (χ1n) is 10.8. The molecular weight excluding hydrogens is 324 g/mol. The summed E-state index contributed by atoms with van der Waals surface area (Å²) in [7, 11) is 0. The number of rotatable bonds is 2. The summed E-state index contributed by atoms with van der Waals surface area (Å²) < 4.78 is 0. The molecule has 1 aliphatic carbocycles. The lowest BCUT2D eigenvalue weighted by Crippen LogP contribution is -2.24. The molecule has 1 aromatic rings. The number of hydrogen-bond acceptors (Lipinski definition) is 0. The summed E-state index contributed by atoms with van der Waals surface area (Å²) in [6.07, 6.45) is 8.15. The van der Waals surface area contributed by atoms with E-state index in [2.05, 4.69) is 92.3 Å². The molecule has 2 rings (SSSR count). The molecule has 1 aromatic carbocycles. The fourth-order valence-corrected chi connectivity index (χ4v) is 3.88. The lowest BCUT2D eigenvalue weighted by molar-refractivity contribution is 0.155. The molecule has 152 valence electrons. The van der Waals surface area contributed by atoms with Crippen molar-refractivity contribution < 1.29 is 0 Å². The second-order valence-electron chi connectivity index (χ2n) is 10.9. The molecule has 0 aliphatic heterocycles. The second kappa shape index (κ2) is 9.76. The van der Waals surface area contributed by atoms with Crippen LogP contribution in [0.2, 0.25) is 0 Å². The SMILES string of the molecule is C=C(C)c1ccc(/C(C)=C/C(C)(C)C)cc1.CC1CCC(C(C)(C)C)CC1. The zero-order valence-corrected chi connectivity index (χ0v) is 19.6. The highest BCUT2D eigenvalue weighted by atomic mass is 14.3. The first-order chi connectivity index (χ1) is 12.3. The monoisotopic (exact) mass is 368 g/mol. The Morgan fingerprint density at radius 1 is 0.852 bits per heavy atom. The van der Waals surface area contributed by atoms with Crippen LogP contribution in [0.25, 0.3) is 11.1 Å². The van der Waals surface area contributed by atoms with Crippen molar-refractivity contribution in [3.8, 4) is 0 Å². The van der Waals surface area contributed by atoms with Crippen LogP contribution in [0.4, 0.5) is 0 Å². The van der Waals surface area contributed by atoms with Crippen LogP contribution in [0.1, 0.15) is 99.1 Å². The quantitative estimate of drug-likeness (QED) is 0.488. The van der Waals surface area contributed by atoms with Gasteiger partial charge in [-0.05, 0) is 66.1 Å². The van der Waals surface area contributed by atoms with Crippen LogP contribution in [-0.2, 0) is 0 Å². The predicted molar refractivity (Wildman–Crippen MR) is 125 cm³/mol. The van der Waals surface area contributed by atoms with Gasteiger partial charge in [-0.25, -0.2) is 0 Å². The largest absolute Gasteiger partial charge is 0.0955 e. The van der Waals surface area contributed by atoms with E-state index in [0.29, 0.717) is 5.41 Å². The molecule has 0 nitrogen and oxygen atoms in total. The van der Waals surface area contributed by atoms with Gasteiger partial charge in [-0.3, -0.25) is 0 Å². The fourth-order valence-electron chi connectivity index (χ4n) is 3.88. The van der Waals surface area contributed by atoms with E-state index in [4.69, 9.17) is 0 Å². The molecule has 0 saturated heterocycles. The van der Waals surface area contributed by atoms with Crippen molar-refractivity contribution in [2.45, 2.75) is 88.0 Å². The Morgan fingerprint density at radius 2 is 1.30 bits per heavy atom. The van der Waals surface area contributed by atoms with E-state index in [1.807, 2.05) is 6.92 Å². The van der Waals surface area contributed by atoms with Crippen molar-refractivity contribution in [2.75, 3.05) is 0 Å². The van der Waals surface area contributed by atoms with Crippen LogP contribution in [0, 0.1) is 22.7 Å². The average molecular weight is 369 g/mol. The van der Waals surface area contributed by atoms with Crippen LogP contribution in [-0.4, -0.2) is 0 Å². The van der Waals surface area contributed by atoms with Crippen molar-refractivity contribution in [3.63, 3.8) is 0 Å². The Hall–Kier alpha value is -1.30. The van der Waals surface area contributed by atoms with Crippen LogP contribution in [0.15, 0.2) is 36.9 Å². The van der Waals surface area contributed by atoms with Crippen molar-refractivity contribution in [3.05, 3.63) is 48.0 Å². The van der Waals surface area contributed by atoms with Crippen LogP contribution >= 0.6 is 0 Å². The van der Waals surface area contributed by atoms with Gasteiger partial charge in [0.1, 0.15) is 0 Å². The van der Waals surface area contributed by atoms with Gasteiger partial charge in [0.2, 0.25) is 0 Å². The minimum atomic E-state index is 0.233. The van der Waals surface area contributed by atoms with Crippen molar-refractivity contribution >= 4 is 11.1 Å². The van der Waals surface area contributed by atoms with Gasteiger partial charge < -0.3 is 0 Å². The topological polar surface area (TPSA) is 0 Å². The van der Waals surface area contributed by atoms with Crippen LogP contribution in [0.5, 0.6) is 0 Å². The molecule has 27 heavy (non-hydrogen) atoms. The first kappa shape index (κ1) is 23.7. The van der Waals surface area contributed by atoms with E-state index >= 15 is 0 Å². The maximum Gasteiger partial charge on any atom is -0.0197 e. The van der Waals surface area contributed by atoms with E-state index in [9.17, 15) is 0 Å². The maximum atomic E-state index is 3.94. The summed E-state index contributed by atoms with van der Waals surface area (Å²) in [5.74, 6) is 1.98. The highest BCUT2D eigenvalue weighted by Crippen LogP contribution is 2.39. The average Bonchev–Trinajstić information content (AvgIpc) is 2.53. The Balaban J connectivity index is 0.000000289. The third-order valence-corrected chi connectivity index (χ3v) is 5.72. The van der Waals surface area contributed by atoms with E-state index in [0.717, 1.165) is 17.4 Å². The molecule has 0 radical (unpaired) electrons. The van der Waals surface area contributed by atoms with E-state index < -0.39 is 0 Å². The van der Waals surface area contributed by atoms with Gasteiger partial charge in [-0.1, -0.05) is 104 Å². The minimum absolute atomic E-state index is 0.233. The Labute approximate surface area is 170 Å². The van der Waals surface area contributed by atoms with Gasteiger partial charge in [0, 0.05) is 0 Å². The second-order valence-corrected chi connectivity index (χ2v) is 10.9. The third kappa shape index (κ3) is 8.96. The molecular formula is C27H44. The molecule has 0 amide bonds. The minimum Gasteiger partial charge on any atom is -0.0955 e. The first-order valence-corrected chi connectivity index (χ1v) is 10.8. The van der Waals surface area contributed by atoms with E-state index in [1.54, 1.807) is 0 Å². The van der Waals surface area contributed by atoms with Crippen molar-refractivity contribution in [2.24, 2.45) is 22.7 Å². The summed E-state index contributed by atoms with van der Waals surface area (Å²) in [4.78, 5) is 0. The van der Waals surface area contributed by atoms with Gasteiger partial charge in [-0.15, -0.1) is 0 Å². The van der Waals surface area contributed by atoms with Gasteiger partial charge in [0.25, 0.3) is 0 Å². The summed E-state index contributed by atoms with van der Waals surface area (Å²) in [6.45, 7) is 24.3. The van der Waals surface area contributed by atoms with E-state index in [-0.39, 0.29) is 5.41 Å². The molecule has 1 aliphatic rings. The molecule has 1 fully saturated rings. The summed E-state index contributed by atoms with van der Waals surface area (Å²) in [6, 6.07) is 8.61. The lowest BCUT2D eigenvalue weighted by Gasteiger charge is -2.35. The van der Waals surface area contributed by atoms with Gasteiger partial charge >= 0.3 is 0 Å². The Bertz CT molecular complexity index is 605. The summed E-state index contributed by atoms with van der Waals surface area (Å²) in [5, 5.41) is 0. The number of benzene rings is 1. The molecule has 0 bridgehead atoms. The van der Waals surface area contributed by atoms with Crippen molar-refractivity contribution in [1.82, 2.24) is 0 Å². The zero-order chi connectivity index (χ0) is 20.8. The molecule has 0 spiro atoms. The highest BCUT2D eigenvalue weighted by Gasteiger charge is 2.27. The molecule has 1 saturated carbocycles. The smallest absolute Gasteiger partial charge is 0.0197 e. The van der Waals surface area contributed by atoms with Crippen LogP contribution < -0.4 is 0 Å². The Kier molecular flexibility index (Phi) is 8.58. The normalized spacial score (nSPS) is 21.3. The van der Waals surface area contributed by atoms with Crippen molar-refractivity contribution in [1.29, 1.82) is 0 Å². The third-order valence-electron chi connectivity index (χ3n) is 5.72. The predicted octanol–water partition coefficient (Wildman–Crippen LogP) is 9.03. The summed E-state index contributed by atoms with van der Waals surface area (Å²) in [5.41, 5.74) is 5.74. The van der Waals surface area contributed by atoms with Crippen LogP contribution in [0.3, 0.4) is 0 Å². The standard InChI is InChI=1S/C16H22.C11H22/c1-12(2)14-7-9-15(10-8-14)13(3)11-16(4,5)6;1-9-5-7-10(8-6-9)11(2,3)4/h7-11H,1H2,2-6H3;9-10H,5-8H2,1-4H3/b13-11+;. The molecule has 0 heteroatoms. The van der Waals surface area contributed by atoms with E-state index in [1.165, 1.54) is 42.4 Å². The van der Waals surface area contributed by atoms with Gasteiger partial charge in [-0.2, -0.15) is 0 Å². The maximum absolute atomic E-state index is 3.94. The van der Waals surface area contributed by atoms with Gasteiger partial charge in [0.15, 0.2) is 0 Å². The van der Waals surface area contributed by atoms with Gasteiger partial charge in [0.05, 0.1) is 0 Å². The number of allylic oxidation sites excluding steroid dienone is 3. The molecule has 0 unspecified atom stereocenters. The number of hydrogen-bond donors (Lipinski definition) is 0. The molecule has 0 atom stereocenters. The zero-order valence-electron chi connectivity index (χ0n) is 19.6. The summed E-state index contributed by atoms with van der Waals surface area (Å²) >= 11 is 0.